The molecule has 1 aromatic carbocycles. The summed E-state index contributed by atoms with van der Waals surface area (Å²) < 4.78 is 13.2. The normalized spacial score (nSPS) is 15.4. The molecule has 2 N–H and O–H groups in total. The molecule has 0 radical (unpaired) electrons. The molecule has 3 heteroatoms. The lowest BCUT2D eigenvalue weighted by atomic mass is 10.1. The topological polar surface area (TPSA) is 26.0 Å². The van der Waals surface area contributed by atoms with Gasteiger partial charge in [0.1, 0.15) is 5.82 Å². The first-order valence-electron chi connectivity index (χ1n) is 3.83. The number of anilines is 1. The van der Waals surface area contributed by atoms with E-state index in [0.717, 1.165) is 18.4 Å². The van der Waals surface area contributed by atoms with Crippen LogP contribution >= 0.6 is 12.4 Å². The summed E-state index contributed by atoms with van der Waals surface area (Å²) in [5.74, 6) is 0.230. The molecule has 0 aromatic heterocycles. The number of nitrogens with two attached hydrogens (primary N) is 1. The molecule has 1 saturated carbocycles. The summed E-state index contributed by atoms with van der Waals surface area (Å²) in [5, 5.41) is 0. The first-order valence-corrected chi connectivity index (χ1v) is 3.83. The summed E-state index contributed by atoms with van der Waals surface area (Å²) >= 11 is 0. The van der Waals surface area contributed by atoms with Crippen LogP contribution in [0.1, 0.15) is 24.3 Å². The van der Waals surface area contributed by atoms with Crippen molar-refractivity contribution in [1.82, 2.24) is 0 Å². The van der Waals surface area contributed by atoms with Crippen molar-refractivity contribution >= 4 is 18.1 Å². The predicted octanol–water partition coefficient (Wildman–Crippen LogP) is 2.71. The van der Waals surface area contributed by atoms with Crippen molar-refractivity contribution in [3.63, 3.8) is 0 Å². The lowest BCUT2D eigenvalue weighted by Gasteiger charge is -2.01. The minimum absolute atomic E-state index is 0. The van der Waals surface area contributed by atoms with Gasteiger partial charge in [-0.1, -0.05) is 12.1 Å². The van der Waals surface area contributed by atoms with Gasteiger partial charge in [-0.25, -0.2) is 4.39 Å². The zero-order valence-corrected chi connectivity index (χ0v) is 7.40. The third-order valence-electron chi connectivity index (χ3n) is 2.08. The Morgan fingerprint density at radius 3 is 2.58 bits per heavy atom. The smallest absolute Gasteiger partial charge is 0.149 e. The Kier molecular flexibility index (Phi) is 2.58. The highest BCUT2D eigenvalue weighted by Crippen LogP contribution is 2.41. The summed E-state index contributed by atoms with van der Waals surface area (Å²) in [4.78, 5) is 0. The van der Waals surface area contributed by atoms with Crippen LogP contribution in [-0.4, -0.2) is 0 Å². The molecule has 0 amide bonds. The standard InChI is InChI=1S/C9H10FN.ClH/c10-9-7(6-4-5-6)2-1-3-8(9)11;/h1-3,6H,4-5,11H2;1H. The summed E-state index contributed by atoms with van der Waals surface area (Å²) in [5.41, 5.74) is 6.48. The van der Waals surface area contributed by atoms with Gasteiger partial charge in [-0.05, 0) is 30.4 Å². The van der Waals surface area contributed by atoms with Crippen LogP contribution in [0, 0.1) is 5.82 Å². The number of hydrogen-bond donors (Lipinski definition) is 1. The van der Waals surface area contributed by atoms with Crippen molar-refractivity contribution in [3.05, 3.63) is 29.6 Å². The first kappa shape index (κ1) is 9.33. The molecule has 2 rings (SSSR count). The van der Waals surface area contributed by atoms with E-state index in [4.69, 9.17) is 5.73 Å². The van der Waals surface area contributed by atoms with E-state index in [1.807, 2.05) is 12.1 Å². The van der Waals surface area contributed by atoms with E-state index in [1.165, 1.54) is 0 Å². The molecule has 0 saturated heterocycles. The maximum atomic E-state index is 13.2. The van der Waals surface area contributed by atoms with Crippen molar-refractivity contribution in [1.29, 1.82) is 0 Å². The summed E-state index contributed by atoms with van der Waals surface area (Å²) in [6, 6.07) is 5.23. The molecule has 1 nitrogen and oxygen atoms in total. The van der Waals surface area contributed by atoms with Crippen molar-refractivity contribution in [2.24, 2.45) is 0 Å². The molecule has 0 spiro atoms. The largest absolute Gasteiger partial charge is 0.396 e. The van der Waals surface area contributed by atoms with Gasteiger partial charge in [0, 0.05) is 0 Å². The molecule has 0 atom stereocenters. The maximum absolute atomic E-state index is 13.2. The zero-order valence-electron chi connectivity index (χ0n) is 6.59. The quantitative estimate of drug-likeness (QED) is 0.673. The van der Waals surface area contributed by atoms with Crippen molar-refractivity contribution in [2.45, 2.75) is 18.8 Å². The zero-order chi connectivity index (χ0) is 7.84. The van der Waals surface area contributed by atoms with Crippen LogP contribution < -0.4 is 5.73 Å². The van der Waals surface area contributed by atoms with Gasteiger partial charge >= 0.3 is 0 Å². The Balaban J connectivity index is 0.000000720. The van der Waals surface area contributed by atoms with Crippen molar-refractivity contribution in [2.75, 3.05) is 5.73 Å². The molecule has 0 aliphatic heterocycles. The second-order valence-corrected chi connectivity index (χ2v) is 3.02. The number of rotatable bonds is 1. The molecule has 66 valence electrons. The fourth-order valence-electron chi connectivity index (χ4n) is 1.28. The maximum Gasteiger partial charge on any atom is 0.149 e. The molecule has 0 unspecified atom stereocenters. The van der Waals surface area contributed by atoms with Crippen LogP contribution in [0.5, 0.6) is 0 Å². The summed E-state index contributed by atoms with van der Waals surface area (Å²) in [7, 11) is 0. The molecule has 0 heterocycles. The SMILES string of the molecule is Cl.Nc1cccc(C2CC2)c1F. The second-order valence-electron chi connectivity index (χ2n) is 3.02. The number of halogens is 2. The van der Waals surface area contributed by atoms with Gasteiger partial charge in [0.25, 0.3) is 0 Å². The molecule has 0 bridgehead atoms. The molecular weight excluding hydrogens is 177 g/mol. The number of nitrogen functional groups attached to an aromatic ring is 1. The van der Waals surface area contributed by atoms with Gasteiger partial charge in [0.2, 0.25) is 0 Å². The molecule has 1 aromatic rings. The van der Waals surface area contributed by atoms with Gasteiger partial charge in [-0.3, -0.25) is 0 Å². The molecule has 12 heavy (non-hydrogen) atoms. The highest BCUT2D eigenvalue weighted by atomic mass is 35.5. The Labute approximate surface area is 77.2 Å². The van der Waals surface area contributed by atoms with Crippen LogP contribution in [0.2, 0.25) is 0 Å². The van der Waals surface area contributed by atoms with Gasteiger partial charge in [0.15, 0.2) is 0 Å². The van der Waals surface area contributed by atoms with E-state index in [-0.39, 0.29) is 23.9 Å². The van der Waals surface area contributed by atoms with Crippen LogP contribution in [0.4, 0.5) is 10.1 Å². The fraction of sp³-hybridized carbons (Fsp3) is 0.333. The third-order valence-corrected chi connectivity index (χ3v) is 2.08. The van der Waals surface area contributed by atoms with Crippen LogP contribution in [0.15, 0.2) is 18.2 Å². The van der Waals surface area contributed by atoms with Gasteiger partial charge in [-0.2, -0.15) is 0 Å². The third kappa shape index (κ3) is 1.53. The van der Waals surface area contributed by atoms with Gasteiger partial charge < -0.3 is 5.73 Å². The minimum Gasteiger partial charge on any atom is -0.396 e. The lowest BCUT2D eigenvalue weighted by Crippen LogP contribution is -1.94. The minimum atomic E-state index is -0.213. The van der Waals surface area contributed by atoms with E-state index in [2.05, 4.69) is 0 Å². The number of benzene rings is 1. The van der Waals surface area contributed by atoms with E-state index >= 15 is 0 Å². The van der Waals surface area contributed by atoms with Gasteiger partial charge in [0.05, 0.1) is 5.69 Å². The van der Waals surface area contributed by atoms with E-state index in [0.29, 0.717) is 5.92 Å². The van der Waals surface area contributed by atoms with Crippen molar-refractivity contribution < 1.29 is 4.39 Å². The Hall–Kier alpha value is -0.760. The first-order chi connectivity index (χ1) is 5.29. The predicted molar refractivity (Wildman–Crippen MR) is 50.0 cm³/mol. The summed E-state index contributed by atoms with van der Waals surface area (Å²) in [6.07, 6.45) is 2.22. The average Bonchev–Trinajstić information content (AvgIpc) is 2.77. The van der Waals surface area contributed by atoms with Gasteiger partial charge in [-0.15, -0.1) is 12.4 Å². The van der Waals surface area contributed by atoms with E-state index < -0.39 is 0 Å². The highest BCUT2D eigenvalue weighted by Gasteiger charge is 2.26. The highest BCUT2D eigenvalue weighted by molar-refractivity contribution is 5.85. The monoisotopic (exact) mass is 187 g/mol. The Bertz CT molecular complexity index is 284. The van der Waals surface area contributed by atoms with E-state index in [1.54, 1.807) is 6.07 Å². The number of hydrogen-bond acceptors (Lipinski definition) is 1. The van der Waals surface area contributed by atoms with Crippen LogP contribution in [-0.2, 0) is 0 Å². The van der Waals surface area contributed by atoms with E-state index in [9.17, 15) is 4.39 Å². The lowest BCUT2D eigenvalue weighted by molar-refractivity contribution is 0.615. The Morgan fingerprint density at radius 2 is 2.00 bits per heavy atom. The molecule has 1 aliphatic carbocycles. The van der Waals surface area contributed by atoms with Crippen LogP contribution in [0.3, 0.4) is 0 Å². The molecule has 1 fully saturated rings. The molecular formula is C9H11ClFN. The van der Waals surface area contributed by atoms with Crippen molar-refractivity contribution in [3.8, 4) is 0 Å². The average molecular weight is 188 g/mol. The fourth-order valence-corrected chi connectivity index (χ4v) is 1.28. The second kappa shape index (κ2) is 3.31. The summed E-state index contributed by atoms with van der Waals surface area (Å²) in [6.45, 7) is 0. The molecule has 1 aliphatic rings. The van der Waals surface area contributed by atoms with Crippen LogP contribution in [0.25, 0.3) is 0 Å². The Morgan fingerprint density at radius 1 is 1.33 bits per heavy atom.